The maximum absolute atomic E-state index is 14.1. The van der Waals surface area contributed by atoms with Gasteiger partial charge in [0.05, 0.1) is 12.9 Å². The van der Waals surface area contributed by atoms with E-state index in [1.807, 2.05) is 0 Å². The summed E-state index contributed by atoms with van der Waals surface area (Å²) in [6.07, 6.45) is 2.54. The molecule has 2 rings (SSSR count). The van der Waals surface area contributed by atoms with E-state index >= 15 is 0 Å². The number of ether oxygens (including phenoxy) is 1. The van der Waals surface area contributed by atoms with Crippen LogP contribution in [0.4, 0.5) is 8.78 Å². The molecule has 1 aromatic heterocycles. The third kappa shape index (κ3) is 2.87. The number of benzene rings is 1. The summed E-state index contributed by atoms with van der Waals surface area (Å²) in [4.78, 5) is 11.9. The normalized spacial score (nSPS) is 11.3. The van der Waals surface area contributed by atoms with Crippen LogP contribution in [0.15, 0.2) is 39.8 Å². The standard InChI is InChI=1S/C15H14F2O3/c1-2-19-12-7-6-10-9-11(5-3-4-8-16)20-15(18)13(10)14(12)17/h4,6-9H,2-3,5H2,1H3/b8-4+. The van der Waals surface area contributed by atoms with Crippen LogP contribution in [0.2, 0.25) is 0 Å². The van der Waals surface area contributed by atoms with Gasteiger partial charge >= 0.3 is 5.63 Å². The maximum Gasteiger partial charge on any atom is 0.346 e. The summed E-state index contributed by atoms with van der Waals surface area (Å²) in [7, 11) is 0. The van der Waals surface area contributed by atoms with Crippen molar-refractivity contribution in [2.75, 3.05) is 6.61 Å². The molecule has 0 aliphatic rings. The highest BCUT2D eigenvalue weighted by atomic mass is 19.1. The monoisotopic (exact) mass is 280 g/mol. The van der Waals surface area contributed by atoms with E-state index in [9.17, 15) is 13.6 Å². The van der Waals surface area contributed by atoms with E-state index in [-0.39, 0.29) is 11.1 Å². The van der Waals surface area contributed by atoms with Gasteiger partial charge in [-0.05, 0) is 30.9 Å². The summed E-state index contributed by atoms with van der Waals surface area (Å²) < 4.78 is 36.1. The maximum atomic E-state index is 14.1. The van der Waals surface area contributed by atoms with Crippen molar-refractivity contribution in [2.24, 2.45) is 0 Å². The fraction of sp³-hybridized carbons (Fsp3) is 0.267. The lowest BCUT2D eigenvalue weighted by Gasteiger charge is -2.07. The number of fused-ring (bicyclic) bond motifs is 1. The van der Waals surface area contributed by atoms with Crippen LogP contribution in [0, 0.1) is 5.82 Å². The van der Waals surface area contributed by atoms with Crippen LogP contribution in [-0.4, -0.2) is 6.61 Å². The molecule has 0 atom stereocenters. The molecule has 106 valence electrons. The highest BCUT2D eigenvalue weighted by molar-refractivity contribution is 5.83. The van der Waals surface area contributed by atoms with Gasteiger partial charge in [-0.3, -0.25) is 0 Å². The van der Waals surface area contributed by atoms with Crippen molar-refractivity contribution in [3.63, 3.8) is 0 Å². The summed E-state index contributed by atoms with van der Waals surface area (Å²) in [5.74, 6) is -0.294. The first-order valence-corrected chi connectivity index (χ1v) is 6.30. The largest absolute Gasteiger partial charge is 0.491 e. The van der Waals surface area contributed by atoms with Crippen molar-refractivity contribution in [1.29, 1.82) is 0 Å². The second-order valence-corrected chi connectivity index (χ2v) is 4.18. The van der Waals surface area contributed by atoms with Gasteiger partial charge in [0.1, 0.15) is 11.1 Å². The Bertz CT molecular complexity index is 689. The Hall–Kier alpha value is -2.17. The summed E-state index contributed by atoms with van der Waals surface area (Å²) >= 11 is 0. The first kappa shape index (κ1) is 14.2. The topological polar surface area (TPSA) is 39.4 Å². The summed E-state index contributed by atoms with van der Waals surface area (Å²) in [5.41, 5.74) is -0.749. The van der Waals surface area contributed by atoms with Crippen molar-refractivity contribution in [2.45, 2.75) is 19.8 Å². The summed E-state index contributed by atoms with van der Waals surface area (Å²) in [6, 6.07) is 4.67. The smallest absolute Gasteiger partial charge is 0.346 e. The van der Waals surface area contributed by atoms with Crippen LogP contribution < -0.4 is 10.4 Å². The molecule has 0 radical (unpaired) electrons. The van der Waals surface area contributed by atoms with Crippen LogP contribution in [0.3, 0.4) is 0 Å². The predicted molar refractivity (Wildman–Crippen MR) is 72.2 cm³/mol. The third-order valence-electron chi connectivity index (χ3n) is 2.83. The number of hydrogen-bond acceptors (Lipinski definition) is 3. The van der Waals surface area contributed by atoms with Crippen LogP contribution in [0.1, 0.15) is 19.1 Å². The number of aryl methyl sites for hydroxylation is 1. The average Bonchev–Trinajstić information content (AvgIpc) is 2.42. The molecule has 1 aromatic carbocycles. The molecule has 0 saturated heterocycles. The van der Waals surface area contributed by atoms with E-state index in [1.165, 1.54) is 12.1 Å². The molecule has 1 heterocycles. The molecular formula is C15H14F2O3. The average molecular weight is 280 g/mol. The van der Waals surface area contributed by atoms with Crippen molar-refractivity contribution in [3.05, 3.63) is 52.6 Å². The molecule has 0 unspecified atom stereocenters. The zero-order valence-corrected chi connectivity index (χ0v) is 11.0. The third-order valence-corrected chi connectivity index (χ3v) is 2.83. The van der Waals surface area contributed by atoms with E-state index < -0.39 is 11.4 Å². The highest BCUT2D eigenvalue weighted by Gasteiger charge is 2.14. The quantitative estimate of drug-likeness (QED) is 0.837. The van der Waals surface area contributed by atoms with E-state index in [2.05, 4.69) is 0 Å². The number of allylic oxidation sites excluding steroid dienone is 1. The van der Waals surface area contributed by atoms with Crippen LogP contribution in [-0.2, 0) is 6.42 Å². The number of hydrogen-bond donors (Lipinski definition) is 0. The highest BCUT2D eigenvalue weighted by Crippen LogP contribution is 2.25. The SMILES string of the molecule is CCOc1ccc2cc(CC/C=C/F)oc(=O)c2c1F. The molecule has 3 nitrogen and oxygen atoms in total. The van der Waals surface area contributed by atoms with E-state index in [1.54, 1.807) is 19.1 Å². The molecule has 5 heteroatoms. The molecule has 0 saturated carbocycles. The lowest BCUT2D eigenvalue weighted by molar-refractivity contribution is 0.322. The zero-order valence-electron chi connectivity index (χ0n) is 11.0. The van der Waals surface area contributed by atoms with Crippen LogP contribution in [0.5, 0.6) is 5.75 Å². The van der Waals surface area contributed by atoms with Gasteiger partial charge in [-0.1, -0.05) is 12.1 Å². The van der Waals surface area contributed by atoms with Crippen molar-refractivity contribution < 1.29 is 17.9 Å². The molecule has 2 aromatic rings. The Balaban J connectivity index is 2.46. The second kappa shape index (κ2) is 6.32. The zero-order chi connectivity index (χ0) is 14.5. The molecule has 0 aliphatic carbocycles. The molecule has 0 spiro atoms. The van der Waals surface area contributed by atoms with Crippen molar-refractivity contribution in [3.8, 4) is 5.75 Å². The molecule has 20 heavy (non-hydrogen) atoms. The fourth-order valence-corrected chi connectivity index (χ4v) is 1.95. The number of halogens is 2. The second-order valence-electron chi connectivity index (χ2n) is 4.18. The Labute approximate surface area is 114 Å². The Morgan fingerprint density at radius 3 is 2.90 bits per heavy atom. The van der Waals surface area contributed by atoms with Crippen molar-refractivity contribution >= 4 is 10.8 Å². The lowest BCUT2D eigenvalue weighted by Crippen LogP contribution is -2.06. The minimum Gasteiger partial charge on any atom is -0.491 e. The fourth-order valence-electron chi connectivity index (χ4n) is 1.95. The van der Waals surface area contributed by atoms with Gasteiger partial charge < -0.3 is 9.15 Å². The van der Waals surface area contributed by atoms with E-state index in [4.69, 9.17) is 9.15 Å². The molecular weight excluding hydrogens is 266 g/mol. The molecule has 0 N–H and O–H groups in total. The van der Waals surface area contributed by atoms with Gasteiger partial charge in [-0.25, -0.2) is 13.6 Å². The lowest BCUT2D eigenvalue weighted by atomic mass is 10.1. The Morgan fingerprint density at radius 1 is 1.40 bits per heavy atom. The molecule has 0 fully saturated rings. The minimum atomic E-state index is -0.749. The first-order chi connectivity index (χ1) is 9.67. The van der Waals surface area contributed by atoms with Gasteiger partial charge in [0.15, 0.2) is 11.6 Å². The van der Waals surface area contributed by atoms with Gasteiger partial charge in [-0.15, -0.1) is 0 Å². The minimum absolute atomic E-state index is 0.0282. The molecule has 0 amide bonds. The van der Waals surface area contributed by atoms with Crippen LogP contribution in [0.25, 0.3) is 10.8 Å². The van der Waals surface area contributed by atoms with E-state index in [0.717, 1.165) is 0 Å². The molecule has 0 bridgehead atoms. The summed E-state index contributed by atoms with van der Waals surface area (Å²) in [6.45, 7) is 2.04. The molecule has 0 aliphatic heterocycles. The Kier molecular flexibility index (Phi) is 4.50. The van der Waals surface area contributed by atoms with Gasteiger partial charge in [0, 0.05) is 6.42 Å². The summed E-state index contributed by atoms with van der Waals surface area (Å²) in [5, 5.41) is 0.321. The first-order valence-electron chi connectivity index (χ1n) is 6.30. The predicted octanol–water partition coefficient (Wildman–Crippen LogP) is 3.75. The van der Waals surface area contributed by atoms with Gasteiger partial charge in [0.25, 0.3) is 0 Å². The van der Waals surface area contributed by atoms with Crippen molar-refractivity contribution in [1.82, 2.24) is 0 Å². The number of rotatable bonds is 5. The van der Waals surface area contributed by atoms with Crippen LogP contribution >= 0.6 is 0 Å². The Morgan fingerprint density at radius 2 is 2.20 bits per heavy atom. The van der Waals surface area contributed by atoms with Gasteiger partial charge in [0.2, 0.25) is 0 Å². The van der Waals surface area contributed by atoms with E-state index in [0.29, 0.717) is 36.9 Å². The van der Waals surface area contributed by atoms with Gasteiger partial charge in [-0.2, -0.15) is 0 Å².